The first kappa shape index (κ1) is 10.1. The fourth-order valence-corrected chi connectivity index (χ4v) is 2.92. The van der Waals surface area contributed by atoms with Crippen LogP contribution in [0, 0.1) is 6.92 Å². The van der Waals surface area contributed by atoms with Crippen molar-refractivity contribution in [2.75, 3.05) is 0 Å². The molecule has 3 aromatic rings. The van der Waals surface area contributed by atoms with Gasteiger partial charge in [0.2, 0.25) is 0 Å². The molecule has 0 fully saturated rings. The first-order valence-electron chi connectivity index (χ1n) is 4.93. The quantitative estimate of drug-likeness (QED) is 0.659. The summed E-state index contributed by atoms with van der Waals surface area (Å²) >= 11 is 5.12. The van der Waals surface area contributed by atoms with Gasteiger partial charge in [-0.2, -0.15) is 0 Å². The average molecular weight is 293 g/mol. The van der Waals surface area contributed by atoms with Crippen molar-refractivity contribution in [1.82, 2.24) is 9.38 Å². The van der Waals surface area contributed by atoms with Crippen LogP contribution in [-0.2, 0) is 0 Å². The summed E-state index contributed by atoms with van der Waals surface area (Å²) in [6, 6.07) is 8.34. The lowest BCUT2D eigenvalue weighted by atomic mass is 10.2. The Morgan fingerprint density at radius 3 is 2.75 bits per heavy atom. The van der Waals surface area contributed by atoms with Crippen LogP contribution in [-0.4, -0.2) is 9.38 Å². The number of hydrogen-bond acceptors (Lipinski definition) is 2. The number of thiazole rings is 1. The number of aryl methyl sites for hydroxylation is 1. The molecule has 0 radical (unpaired) electrons. The van der Waals surface area contributed by atoms with Gasteiger partial charge in [0.1, 0.15) is 0 Å². The Hall–Kier alpha value is -1.13. The van der Waals surface area contributed by atoms with E-state index in [2.05, 4.69) is 61.2 Å². The van der Waals surface area contributed by atoms with Gasteiger partial charge in [0.25, 0.3) is 0 Å². The number of fused-ring (bicyclic) bond motifs is 1. The Bertz CT molecular complexity index is 637. The number of rotatable bonds is 1. The van der Waals surface area contributed by atoms with Crippen molar-refractivity contribution in [3.63, 3.8) is 0 Å². The lowest BCUT2D eigenvalue weighted by Gasteiger charge is -1.99. The molecule has 0 spiro atoms. The van der Waals surface area contributed by atoms with Gasteiger partial charge < -0.3 is 0 Å². The number of imidazole rings is 1. The fourth-order valence-electron chi connectivity index (χ4n) is 1.72. The van der Waals surface area contributed by atoms with E-state index >= 15 is 0 Å². The highest BCUT2D eigenvalue weighted by molar-refractivity contribution is 9.10. The van der Waals surface area contributed by atoms with Crippen LogP contribution >= 0.6 is 27.3 Å². The first-order valence-corrected chi connectivity index (χ1v) is 6.60. The summed E-state index contributed by atoms with van der Waals surface area (Å²) in [6.45, 7) is 2.02. The summed E-state index contributed by atoms with van der Waals surface area (Å²) in [5.74, 6) is 0. The molecule has 0 aliphatic carbocycles. The van der Waals surface area contributed by atoms with E-state index in [0.717, 1.165) is 15.1 Å². The molecule has 2 heterocycles. The second-order valence-electron chi connectivity index (χ2n) is 3.66. The van der Waals surface area contributed by atoms with Crippen LogP contribution in [0.5, 0.6) is 0 Å². The van der Waals surface area contributed by atoms with Crippen LogP contribution in [0.3, 0.4) is 0 Å². The number of aromatic nitrogens is 2. The van der Waals surface area contributed by atoms with E-state index < -0.39 is 0 Å². The zero-order valence-corrected chi connectivity index (χ0v) is 11.0. The Labute approximate surface area is 106 Å². The topological polar surface area (TPSA) is 17.3 Å². The van der Waals surface area contributed by atoms with Crippen LogP contribution in [0.2, 0.25) is 0 Å². The van der Waals surface area contributed by atoms with Crippen LogP contribution < -0.4 is 0 Å². The second-order valence-corrected chi connectivity index (χ2v) is 5.41. The van der Waals surface area contributed by atoms with E-state index in [1.807, 2.05) is 6.92 Å². The Morgan fingerprint density at radius 1 is 1.25 bits per heavy atom. The predicted octanol–water partition coefficient (Wildman–Crippen LogP) is 4.13. The maximum absolute atomic E-state index is 4.45. The molecular formula is C12H9BrN2S. The summed E-state index contributed by atoms with van der Waals surface area (Å²) in [4.78, 5) is 5.50. The van der Waals surface area contributed by atoms with E-state index in [4.69, 9.17) is 0 Å². The van der Waals surface area contributed by atoms with Crippen molar-refractivity contribution in [2.45, 2.75) is 6.92 Å². The number of halogens is 1. The van der Waals surface area contributed by atoms with Crippen molar-refractivity contribution in [3.8, 4) is 11.3 Å². The van der Waals surface area contributed by atoms with Crippen LogP contribution in [0.4, 0.5) is 0 Å². The zero-order chi connectivity index (χ0) is 11.1. The molecule has 1 aromatic carbocycles. The third-order valence-corrected chi connectivity index (χ3v) is 3.84. The van der Waals surface area contributed by atoms with E-state index in [-0.39, 0.29) is 0 Å². The van der Waals surface area contributed by atoms with E-state index in [0.29, 0.717) is 0 Å². The SMILES string of the molecule is Cc1cn2c(-c3ccc(Br)cc3)csc2n1. The van der Waals surface area contributed by atoms with Gasteiger partial charge >= 0.3 is 0 Å². The molecule has 80 valence electrons. The summed E-state index contributed by atoms with van der Waals surface area (Å²) in [5.41, 5.74) is 3.48. The molecule has 0 aliphatic heterocycles. The fraction of sp³-hybridized carbons (Fsp3) is 0.0833. The highest BCUT2D eigenvalue weighted by Gasteiger charge is 2.07. The van der Waals surface area contributed by atoms with Crippen LogP contribution in [0.15, 0.2) is 40.3 Å². The lowest BCUT2D eigenvalue weighted by molar-refractivity contribution is 1.23. The van der Waals surface area contributed by atoms with Gasteiger partial charge in [-0.15, -0.1) is 11.3 Å². The molecule has 0 N–H and O–H groups in total. The number of hydrogen-bond donors (Lipinski definition) is 0. The van der Waals surface area contributed by atoms with Crippen molar-refractivity contribution >= 4 is 32.2 Å². The maximum atomic E-state index is 4.45. The second kappa shape index (κ2) is 3.71. The van der Waals surface area contributed by atoms with Gasteiger partial charge in [-0.3, -0.25) is 4.40 Å². The summed E-state index contributed by atoms with van der Waals surface area (Å²) in [7, 11) is 0. The minimum atomic E-state index is 1.05. The summed E-state index contributed by atoms with van der Waals surface area (Å²) < 4.78 is 3.24. The molecule has 16 heavy (non-hydrogen) atoms. The predicted molar refractivity (Wildman–Crippen MR) is 70.9 cm³/mol. The average Bonchev–Trinajstić information content (AvgIpc) is 2.78. The number of nitrogens with zero attached hydrogens (tertiary/aromatic N) is 2. The minimum Gasteiger partial charge on any atom is -0.290 e. The molecule has 2 aromatic heterocycles. The molecule has 2 nitrogen and oxygen atoms in total. The Morgan fingerprint density at radius 2 is 2.00 bits per heavy atom. The van der Waals surface area contributed by atoms with E-state index in [1.54, 1.807) is 11.3 Å². The minimum absolute atomic E-state index is 1.05. The molecule has 0 amide bonds. The van der Waals surface area contributed by atoms with Gasteiger partial charge in [0, 0.05) is 16.0 Å². The van der Waals surface area contributed by atoms with Crippen LogP contribution in [0.25, 0.3) is 16.2 Å². The molecule has 0 aliphatic rings. The molecule has 0 saturated carbocycles. The lowest BCUT2D eigenvalue weighted by Crippen LogP contribution is -1.83. The third-order valence-electron chi connectivity index (χ3n) is 2.47. The van der Waals surface area contributed by atoms with Crippen molar-refractivity contribution in [3.05, 3.63) is 46.0 Å². The van der Waals surface area contributed by atoms with Crippen molar-refractivity contribution in [2.24, 2.45) is 0 Å². The molecule has 4 heteroatoms. The third kappa shape index (κ3) is 1.58. The Kier molecular flexibility index (Phi) is 2.33. The zero-order valence-electron chi connectivity index (χ0n) is 8.64. The molecular weight excluding hydrogens is 284 g/mol. The largest absolute Gasteiger partial charge is 0.290 e. The van der Waals surface area contributed by atoms with Crippen molar-refractivity contribution in [1.29, 1.82) is 0 Å². The smallest absolute Gasteiger partial charge is 0.194 e. The molecule has 0 unspecified atom stereocenters. The summed E-state index contributed by atoms with van der Waals surface area (Å²) in [5, 5.41) is 2.14. The standard InChI is InChI=1S/C12H9BrN2S/c1-8-6-15-11(7-16-12(15)14-8)9-2-4-10(13)5-3-9/h2-7H,1H3. The van der Waals surface area contributed by atoms with Gasteiger partial charge in [-0.05, 0) is 24.6 Å². The van der Waals surface area contributed by atoms with E-state index in [9.17, 15) is 0 Å². The molecule has 3 rings (SSSR count). The Balaban J connectivity index is 2.21. The highest BCUT2D eigenvalue weighted by atomic mass is 79.9. The van der Waals surface area contributed by atoms with E-state index in [1.165, 1.54) is 11.3 Å². The monoisotopic (exact) mass is 292 g/mol. The first-order chi connectivity index (χ1) is 7.74. The molecule has 0 saturated heterocycles. The van der Waals surface area contributed by atoms with Gasteiger partial charge in [-0.25, -0.2) is 4.98 Å². The van der Waals surface area contributed by atoms with Gasteiger partial charge in [-0.1, -0.05) is 28.1 Å². The van der Waals surface area contributed by atoms with Crippen molar-refractivity contribution < 1.29 is 0 Å². The normalized spacial score (nSPS) is 11.1. The number of benzene rings is 1. The highest BCUT2D eigenvalue weighted by Crippen LogP contribution is 2.27. The van der Waals surface area contributed by atoms with Crippen LogP contribution in [0.1, 0.15) is 5.69 Å². The maximum Gasteiger partial charge on any atom is 0.194 e. The molecule has 0 bridgehead atoms. The van der Waals surface area contributed by atoms with Gasteiger partial charge in [0.05, 0.1) is 11.4 Å². The van der Waals surface area contributed by atoms with Gasteiger partial charge in [0.15, 0.2) is 4.96 Å². The molecule has 0 atom stereocenters. The summed E-state index contributed by atoms with van der Waals surface area (Å²) in [6.07, 6.45) is 2.07.